The molecule has 0 spiro atoms. The Balaban J connectivity index is 1.98. The van der Waals surface area contributed by atoms with Crippen LogP contribution in [0.5, 0.6) is 0 Å². The van der Waals surface area contributed by atoms with E-state index in [0.29, 0.717) is 25.6 Å². The molecule has 0 bridgehead atoms. The van der Waals surface area contributed by atoms with Gasteiger partial charge in [0, 0.05) is 25.7 Å². The van der Waals surface area contributed by atoms with Gasteiger partial charge in [-0.3, -0.25) is 0 Å². The first kappa shape index (κ1) is 16.2. The third-order valence-electron chi connectivity index (χ3n) is 5.94. The van der Waals surface area contributed by atoms with Gasteiger partial charge in [-0.2, -0.15) is 12.7 Å². The molecule has 0 aromatic rings. The van der Waals surface area contributed by atoms with Crippen molar-refractivity contribution in [2.75, 3.05) is 19.6 Å². The van der Waals surface area contributed by atoms with Crippen LogP contribution in [0.1, 0.15) is 47.0 Å². The molecule has 1 heterocycles. The van der Waals surface area contributed by atoms with Crippen LogP contribution in [0.15, 0.2) is 0 Å². The van der Waals surface area contributed by atoms with Crippen molar-refractivity contribution in [2.24, 2.45) is 22.5 Å². The van der Waals surface area contributed by atoms with E-state index >= 15 is 0 Å². The Bertz CT molecular complexity index is 445. The van der Waals surface area contributed by atoms with Gasteiger partial charge in [0.05, 0.1) is 0 Å². The van der Waals surface area contributed by atoms with E-state index in [1.807, 2.05) is 0 Å². The van der Waals surface area contributed by atoms with E-state index in [1.54, 1.807) is 4.31 Å². The second-order valence-electron chi connectivity index (χ2n) is 7.35. The first-order valence-electron chi connectivity index (χ1n) is 7.61. The zero-order chi connectivity index (χ0) is 15.2. The van der Waals surface area contributed by atoms with Crippen LogP contribution in [0.3, 0.4) is 0 Å². The highest BCUT2D eigenvalue weighted by Gasteiger charge is 2.64. The number of nitrogens with two attached hydrogens (primary N) is 1. The molecule has 118 valence electrons. The van der Waals surface area contributed by atoms with Crippen LogP contribution in [0.2, 0.25) is 0 Å². The lowest BCUT2D eigenvalue weighted by atomic mass is 10.0. The SMILES string of the molecule is CC1(C)C(CNS(=O)(=O)N2CCCCC2CN)C1(C)C. The molecule has 1 unspecified atom stereocenters. The number of piperidine rings is 1. The Morgan fingerprint density at radius 1 is 1.20 bits per heavy atom. The molecule has 20 heavy (non-hydrogen) atoms. The second-order valence-corrected chi connectivity index (χ2v) is 9.05. The maximum atomic E-state index is 12.5. The van der Waals surface area contributed by atoms with Crippen LogP contribution in [-0.2, 0) is 10.2 Å². The van der Waals surface area contributed by atoms with E-state index in [4.69, 9.17) is 5.73 Å². The zero-order valence-electron chi connectivity index (χ0n) is 13.1. The maximum Gasteiger partial charge on any atom is 0.279 e. The summed E-state index contributed by atoms with van der Waals surface area (Å²) in [5.41, 5.74) is 6.11. The molecule has 3 N–H and O–H groups in total. The van der Waals surface area contributed by atoms with Crippen molar-refractivity contribution in [1.82, 2.24) is 9.03 Å². The number of hydrogen-bond donors (Lipinski definition) is 2. The molecule has 2 fully saturated rings. The normalized spacial score (nSPS) is 30.4. The van der Waals surface area contributed by atoms with Gasteiger partial charge < -0.3 is 5.73 Å². The molecule has 0 aromatic heterocycles. The maximum absolute atomic E-state index is 12.5. The van der Waals surface area contributed by atoms with Crippen molar-refractivity contribution in [3.8, 4) is 0 Å². The molecule has 1 saturated carbocycles. The smallest absolute Gasteiger partial charge is 0.279 e. The van der Waals surface area contributed by atoms with Gasteiger partial charge in [-0.15, -0.1) is 0 Å². The fourth-order valence-corrected chi connectivity index (χ4v) is 5.14. The topological polar surface area (TPSA) is 75.4 Å². The number of rotatable bonds is 5. The van der Waals surface area contributed by atoms with Crippen molar-refractivity contribution in [3.63, 3.8) is 0 Å². The minimum absolute atomic E-state index is 0.0403. The monoisotopic (exact) mass is 303 g/mol. The molecular formula is C14H29N3O2S. The van der Waals surface area contributed by atoms with E-state index < -0.39 is 10.2 Å². The largest absolute Gasteiger partial charge is 0.329 e. The van der Waals surface area contributed by atoms with E-state index in [-0.39, 0.29) is 16.9 Å². The molecule has 5 nitrogen and oxygen atoms in total. The van der Waals surface area contributed by atoms with Crippen LogP contribution in [-0.4, -0.2) is 38.4 Å². The summed E-state index contributed by atoms with van der Waals surface area (Å²) in [5, 5.41) is 0. The van der Waals surface area contributed by atoms with Gasteiger partial charge in [0.2, 0.25) is 0 Å². The van der Waals surface area contributed by atoms with Gasteiger partial charge in [-0.1, -0.05) is 34.1 Å². The average molecular weight is 303 g/mol. The molecule has 1 atom stereocenters. The molecule has 0 radical (unpaired) electrons. The van der Waals surface area contributed by atoms with E-state index in [2.05, 4.69) is 32.4 Å². The lowest BCUT2D eigenvalue weighted by Crippen LogP contribution is -2.52. The first-order valence-corrected chi connectivity index (χ1v) is 9.05. The van der Waals surface area contributed by atoms with Crippen LogP contribution in [0.4, 0.5) is 0 Å². The molecule has 2 rings (SSSR count). The fraction of sp³-hybridized carbons (Fsp3) is 1.00. The minimum atomic E-state index is -3.40. The molecule has 1 saturated heterocycles. The van der Waals surface area contributed by atoms with Crippen LogP contribution in [0, 0.1) is 16.7 Å². The van der Waals surface area contributed by atoms with Gasteiger partial charge in [0.15, 0.2) is 0 Å². The van der Waals surface area contributed by atoms with Crippen molar-refractivity contribution >= 4 is 10.2 Å². The zero-order valence-corrected chi connectivity index (χ0v) is 14.0. The summed E-state index contributed by atoms with van der Waals surface area (Å²) in [5.74, 6) is 0.394. The third-order valence-corrected chi connectivity index (χ3v) is 7.57. The number of nitrogens with one attached hydrogen (secondary N) is 1. The molecular weight excluding hydrogens is 274 g/mol. The Morgan fingerprint density at radius 3 is 2.30 bits per heavy atom. The molecule has 1 aliphatic carbocycles. The predicted molar refractivity (Wildman–Crippen MR) is 81.4 cm³/mol. The van der Waals surface area contributed by atoms with E-state index in [0.717, 1.165) is 19.3 Å². The Morgan fingerprint density at radius 2 is 1.80 bits per heavy atom. The molecule has 1 aliphatic heterocycles. The fourth-order valence-electron chi connectivity index (χ4n) is 3.64. The Hall–Kier alpha value is -0.170. The van der Waals surface area contributed by atoms with Crippen LogP contribution < -0.4 is 10.5 Å². The standard InChI is InChI=1S/C14H29N3O2S/c1-13(2)12(14(13,3)4)10-16-20(18,19)17-8-6-5-7-11(17)9-15/h11-12,16H,5-10,15H2,1-4H3. The second kappa shape index (κ2) is 5.23. The molecule has 2 aliphatic rings. The minimum Gasteiger partial charge on any atom is -0.329 e. The van der Waals surface area contributed by atoms with Crippen molar-refractivity contribution < 1.29 is 8.42 Å². The summed E-state index contributed by atoms with van der Waals surface area (Å²) in [6.45, 7) is 10.3. The summed E-state index contributed by atoms with van der Waals surface area (Å²) in [6, 6.07) is -0.0403. The predicted octanol–water partition coefficient (Wildman–Crippen LogP) is 1.32. The molecule has 0 aromatic carbocycles. The van der Waals surface area contributed by atoms with Crippen molar-refractivity contribution in [2.45, 2.75) is 53.0 Å². The highest BCUT2D eigenvalue weighted by Crippen LogP contribution is 2.67. The highest BCUT2D eigenvalue weighted by molar-refractivity contribution is 7.87. The van der Waals surface area contributed by atoms with Gasteiger partial charge >= 0.3 is 0 Å². The Kier molecular flexibility index (Phi) is 4.24. The number of hydrogen-bond acceptors (Lipinski definition) is 3. The summed E-state index contributed by atoms with van der Waals surface area (Å²) in [4.78, 5) is 0. The van der Waals surface area contributed by atoms with E-state index in [1.165, 1.54) is 0 Å². The van der Waals surface area contributed by atoms with Gasteiger partial charge in [0.25, 0.3) is 10.2 Å². The van der Waals surface area contributed by atoms with Crippen molar-refractivity contribution in [3.05, 3.63) is 0 Å². The highest BCUT2D eigenvalue weighted by atomic mass is 32.2. The number of nitrogens with zero attached hydrogens (tertiary/aromatic N) is 1. The summed E-state index contributed by atoms with van der Waals surface area (Å²) in [7, 11) is -3.40. The first-order chi connectivity index (χ1) is 9.14. The van der Waals surface area contributed by atoms with Gasteiger partial charge in [-0.05, 0) is 29.6 Å². The molecule has 6 heteroatoms. The summed E-state index contributed by atoms with van der Waals surface area (Å²) >= 11 is 0. The third kappa shape index (κ3) is 2.63. The summed E-state index contributed by atoms with van der Waals surface area (Å²) in [6.07, 6.45) is 2.87. The Labute approximate surface area is 123 Å². The van der Waals surface area contributed by atoms with E-state index in [9.17, 15) is 8.42 Å². The lowest BCUT2D eigenvalue weighted by Gasteiger charge is -2.33. The van der Waals surface area contributed by atoms with Crippen LogP contribution in [0.25, 0.3) is 0 Å². The van der Waals surface area contributed by atoms with Crippen molar-refractivity contribution in [1.29, 1.82) is 0 Å². The van der Waals surface area contributed by atoms with Crippen LogP contribution >= 0.6 is 0 Å². The molecule has 0 amide bonds. The quantitative estimate of drug-likeness (QED) is 0.804. The summed E-state index contributed by atoms with van der Waals surface area (Å²) < 4.78 is 29.3. The van der Waals surface area contributed by atoms with Gasteiger partial charge in [0.1, 0.15) is 0 Å². The lowest BCUT2D eigenvalue weighted by molar-refractivity contribution is 0.254. The average Bonchev–Trinajstić information content (AvgIpc) is 2.77. The van der Waals surface area contributed by atoms with Gasteiger partial charge in [-0.25, -0.2) is 4.72 Å².